The lowest BCUT2D eigenvalue weighted by atomic mass is 9.80. The molecule has 1 heterocycles. The summed E-state index contributed by atoms with van der Waals surface area (Å²) in [4.78, 5) is 4.62. The lowest BCUT2D eigenvalue weighted by molar-refractivity contribution is 0.177. The minimum Gasteiger partial charge on any atom is -0.493 e. The van der Waals surface area contributed by atoms with Gasteiger partial charge in [0.15, 0.2) is 0 Å². The van der Waals surface area contributed by atoms with Crippen LogP contribution in [0.15, 0.2) is 42.6 Å². The van der Waals surface area contributed by atoms with Gasteiger partial charge >= 0.3 is 0 Å². The van der Waals surface area contributed by atoms with Crippen LogP contribution in [0.3, 0.4) is 0 Å². The van der Waals surface area contributed by atoms with Crippen molar-refractivity contribution in [3.63, 3.8) is 0 Å². The Hall–Kier alpha value is -1.83. The molecule has 0 spiro atoms. The highest BCUT2D eigenvalue weighted by molar-refractivity contribution is 5.60. The van der Waals surface area contributed by atoms with Crippen molar-refractivity contribution in [3.8, 4) is 17.0 Å². The largest absolute Gasteiger partial charge is 0.493 e. The van der Waals surface area contributed by atoms with E-state index in [1.54, 1.807) is 0 Å². The Morgan fingerprint density at radius 2 is 1.53 bits per heavy atom. The van der Waals surface area contributed by atoms with Crippen LogP contribution in [0, 0.1) is 11.8 Å². The van der Waals surface area contributed by atoms with Crippen LogP contribution in [-0.4, -0.2) is 11.6 Å². The average molecular weight is 408 g/mol. The Bertz CT molecular complexity index is 698. The molecule has 1 aromatic heterocycles. The first kappa shape index (κ1) is 22.8. The number of benzene rings is 1. The fourth-order valence-electron chi connectivity index (χ4n) is 4.69. The lowest BCUT2D eigenvalue weighted by Gasteiger charge is -2.28. The van der Waals surface area contributed by atoms with Crippen LogP contribution < -0.4 is 4.74 Å². The van der Waals surface area contributed by atoms with Crippen LogP contribution in [0.2, 0.25) is 0 Å². The zero-order valence-corrected chi connectivity index (χ0v) is 19.2. The molecule has 0 saturated heterocycles. The molecule has 0 bridgehead atoms. The van der Waals surface area contributed by atoms with Gasteiger partial charge in [0.05, 0.1) is 12.3 Å². The standard InChI is InChI=1S/C28H41NO/c1-3-5-6-7-8-10-23-11-13-25(14-12-23)22-30-27-18-16-26(17-19-27)28-20-15-24(9-4-2)21-29-28/h15-21,23,25H,3-14,22H2,1-2H3. The third-order valence-electron chi connectivity index (χ3n) is 6.68. The van der Waals surface area contributed by atoms with E-state index in [9.17, 15) is 0 Å². The molecule has 0 radical (unpaired) electrons. The van der Waals surface area contributed by atoms with E-state index in [4.69, 9.17) is 4.74 Å². The zero-order chi connectivity index (χ0) is 21.0. The van der Waals surface area contributed by atoms with Crippen LogP contribution in [0.5, 0.6) is 5.75 Å². The number of hydrogen-bond donors (Lipinski definition) is 0. The summed E-state index contributed by atoms with van der Waals surface area (Å²) in [6.45, 7) is 5.36. The molecule has 0 unspecified atom stereocenters. The van der Waals surface area contributed by atoms with E-state index in [-0.39, 0.29) is 0 Å². The van der Waals surface area contributed by atoms with Gasteiger partial charge in [-0.1, -0.05) is 77.7 Å². The van der Waals surface area contributed by atoms with Gasteiger partial charge in [0, 0.05) is 11.8 Å². The average Bonchev–Trinajstić information content (AvgIpc) is 2.79. The summed E-state index contributed by atoms with van der Waals surface area (Å²) in [5, 5.41) is 0. The fourth-order valence-corrected chi connectivity index (χ4v) is 4.69. The third-order valence-corrected chi connectivity index (χ3v) is 6.68. The van der Waals surface area contributed by atoms with Gasteiger partial charge < -0.3 is 4.74 Å². The molecule has 1 fully saturated rings. The summed E-state index contributed by atoms with van der Waals surface area (Å²) in [7, 11) is 0. The quantitative estimate of drug-likeness (QED) is 0.330. The van der Waals surface area contributed by atoms with Crippen molar-refractivity contribution in [2.24, 2.45) is 11.8 Å². The van der Waals surface area contributed by atoms with Crippen molar-refractivity contribution in [2.75, 3.05) is 6.61 Å². The Morgan fingerprint density at radius 3 is 2.20 bits per heavy atom. The summed E-state index contributed by atoms with van der Waals surface area (Å²) < 4.78 is 6.13. The second-order valence-electron chi connectivity index (χ2n) is 9.23. The van der Waals surface area contributed by atoms with Crippen molar-refractivity contribution >= 4 is 0 Å². The summed E-state index contributed by atoms with van der Waals surface area (Å²) in [5.41, 5.74) is 3.51. The van der Waals surface area contributed by atoms with E-state index in [1.807, 2.05) is 6.20 Å². The van der Waals surface area contributed by atoms with Crippen molar-refractivity contribution < 1.29 is 4.74 Å². The molecular weight excluding hydrogens is 366 g/mol. The summed E-state index contributed by atoms with van der Waals surface area (Å²) in [5.74, 6) is 2.69. The van der Waals surface area contributed by atoms with Crippen LogP contribution in [0.25, 0.3) is 11.3 Å². The van der Waals surface area contributed by atoms with Gasteiger partial charge in [0.2, 0.25) is 0 Å². The van der Waals surface area contributed by atoms with E-state index in [0.717, 1.165) is 48.3 Å². The Morgan fingerprint density at radius 1 is 0.800 bits per heavy atom. The maximum Gasteiger partial charge on any atom is 0.119 e. The number of aromatic nitrogens is 1. The SMILES string of the molecule is CCCCCCCC1CCC(COc2ccc(-c3ccc(CCC)cn3)cc2)CC1. The van der Waals surface area contributed by atoms with E-state index < -0.39 is 0 Å². The molecule has 1 saturated carbocycles. The van der Waals surface area contributed by atoms with Crippen LogP contribution in [-0.2, 0) is 6.42 Å². The molecule has 1 aliphatic carbocycles. The van der Waals surface area contributed by atoms with E-state index >= 15 is 0 Å². The summed E-state index contributed by atoms with van der Waals surface area (Å²) >= 11 is 0. The molecule has 2 nitrogen and oxygen atoms in total. The maximum atomic E-state index is 6.13. The molecule has 164 valence electrons. The molecule has 1 aromatic carbocycles. The number of nitrogens with zero attached hydrogens (tertiary/aromatic N) is 1. The van der Waals surface area contributed by atoms with E-state index in [0.29, 0.717) is 0 Å². The Labute approximate surface area is 184 Å². The molecule has 0 aliphatic heterocycles. The monoisotopic (exact) mass is 407 g/mol. The number of hydrogen-bond acceptors (Lipinski definition) is 2. The zero-order valence-electron chi connectivity index (χ0n) is 19.2. The molecule has 0 atom stereocenters. The van der Waals surface area contributed by atoms with Gasteiger partial charge in [-0.2, -0.15) is 0 Å². The minimum atomic E-state index is 0.730. The number of rotatable bonds is 12. The highest BCUT2D eigenvalue weighted by Gasteiger charge is 2.21. The minimum absolute atomic E-state index is 0.730. The third kappa shape index (κ3) is 7.45. The Balaban J connectivity index is 1.36. The second-order valence-corrected chi connectivity index (χ2v) is 9.23. The van der Waals surface area contributed by atoms with Crippen LogP contribution in [0.1, 0.15) is 90.0 Å². The first-order valence-electron chi connectivity index (χ1n) is 12.5. The van der Waals surface area contributed by atoms with Crippen molar-refractivity contribution in [2.45, 2.75) is 90.9 Å². The molecule has 1 aliphatic rings. The summed E-state index contributed by atoms with van der Waals surface area (Å²) in [6, 6.07) is 12.8. The number of unbranched alkanes of at least 4 members (excludes halogenated alkanes) is 4. The first-order chi connectivity index (χ1) is 14.8. The van der Waals surface area contributed by atoms with Crippen molar-refractivity contribution in [1.29, 1.82) is 0 Å². The van der Waals surface area contributed by atoms with Gasteiger partial charge in [-0.05, 0) is 67.0 Å². The topological polar surface area (TPSA) is 22.1 Å². The first-order valence-corrected chi connectivity index (χ1v) is 12.5. The smallest absolute Gasteiger partial charge is 0.119 e. The van der Waals surface area contributed by atoms with Gasteiger partial charge in [-0.15, -0.1) is 0 Å². The highest BCUT2D eigenvalue weighted by Crippen LogP contribution is 2.32. The molecule has 2 heteroatoms. The van der Waals surface area contributed by atoms with Crippen molar-refractivity contribution in [1.82, 2.24) is 4.98 Å². The maximum absolute atomic E-state index is 6.13. The number of pyridine rings is 1. The normalized spacial score (nSPS) is 19.0. The predicted molar refractivity (Wildman–Crippen MR) is 128 cm³/mol. The lowest BCUT2D eigenvalue weighted by Crippen LogP contribution is -2.20. The van der Waals surface area contributed by atoms with Gasteiger partial charge in [-0.25, -0.2) is 0 Å². The molecule has 30 heavy (non-hydrogen) atoms. The number of aryl methyl sites for hydroxylation is 1. The fraction of sp³-hybridized carbons (Fsp3) is 0.607. The highest BCUT2D eigenvalue weighted by atomic mass is 16.5. The summed E-state index contributed by atoms with van der Waals surface area (Å²) in [6.07, 6.45) is 18.3. The molecule has 3 rings (SSSR count). The van der Waals surface area contributed by atoms with Crippen LogP contribution >= 0.6 is 0 Å². The molecular formula is C28H41NO. The number of ether oxygens (including phenoxy) is 1. The van der Waals surface area contributed by atoms with Gasteiger partial charge in [0.25, 0.3) is 0 Å². The molecule has 0 amide bonds. The molecule has 0 N–H and O–H groups in total. The van der Waals surface area contributed by atoms with Crippen LogP contribution in [0.4, 0.5) is 0 Å². The van der Waals surface area contributed by atoms with Gasteiger partial charge in [0.1, 0.15) is 5.75 Å². The predicted octanol–water partition coefficient (Wildman–Crippen LogP) is 8.25. The molecule has 2 aromatic rings. The van der Waals surface area contributed by atoms with Gasteiger partial charge in [-0.3, -0.25) is 4.98 Å². The van der Waals surface area contributed by atoms with E-state index in [2.05, 4.69) is 55.2 Å². The Kier molecular flexibility index (Phi) is 9.73. The second kappa shape index (κ2) is 12.8. The van der Waals surface area contributed by atoms with E-state index in [1.165, 1.54) is 69.8 Å². The van der Waals surface area contributed by atoms with Crippen molar-refractivity contribution in [3.05, 3.63) is 48.2 Å².